The number of carbonyl (C=O) groups excluding carboxylic acids is 1. The Morgan fingerprint density at radius 1 is 1.50 bits per heavy atom. The zero-order chi connectivity index (χ0) is 10.4. The van der Waals surface area contributed by atoms with Crippen molar-refractivity contribution >= 4 is 17.7 Å². The Balaban J connectivity index is 2.41. The first-order valence-electron chi connectivity index (χ1n) is 4.25. The molecule has 14 heavy (non-hydrogen) atoms. The van der Waals surface area contributed by atoms with Crippen molar-refractivity contribution in [1.82, 2.24) is 5.32 Å². The Kier molecular flexibility index (Phi) is 4.26. The van der Waals surface area contributed by atoms with Gasteiger partial charge in [0.05, 0.1) is 7.11 Å². The molecule has 1 unspecified atom stereocenters. The number of amides is 1. The molecule has 3 nitrogen and oxygen atoms in total. The lowest BCUT2D eigenvalue weighted by molar-refractivity contribution is 0.170. The van der Waals surface area contributed by atoms with E-state index in [0.717, 1.165) is 5.56 Å². The van der Waals surface area contributed by atoms with Crippen LogP contribution in [-0.2, 0) is 11.2 Å². The number of ether oxygens (including phenoxy) is 1. The summed E-state index contributed by atoms with van der Waals surface area (Å²) >= 11 is 5.88. The molecule has 1 aromatic rings. The van der Waals surface area contributed by atoms with Crippen molar-refractivity contribution in [3.05, 3.63) is 35.9 Å². The molecule has 0 radical (unpaired) electrons. The van der Waals surface area contributed by atoms with Gasteiger partial charge in [0.25, 0.3) is 0 Å². The van der Waals surface area contributed by atoms with Gasteiger partial charge in [-0.15, -0.1) is 0 Å². The highest BCUT2D eigenvalue weighted by Crippen LogP contribution is 2.05. The minimum Gasteiger partial charge on any atom is -0.453 e. The second kappa shape index (κ2) is 5.50. The zero-order valence-corrected chi connectivity index (χ0v) is 8.62. The van der Waals surface area contributed by atoms with Crippen molar-refractivity contribution in [1.29, 1.82) is 0 Å². The van der Waals surface area contributed by atoms with Gasteiger partial charge in [-0.3, -0.25) is 0 Å². The van der Waals surface area contributed by atoms with Crippen molar-refractivity contribution in [2.24, 2.45) is 0 Å². The number of alkyl halides is 1. The molecule has 0 heterocycles. The van der Waals surface area contributed by atoms with E-state index in [1.54, 1.807) is 0 Å². The molecule has 76 valence electrons. The molecule has 1 rings (SSSR count). The molecular formula is C10H12ClNO2. The van der Waals surface area contributed by atoms with Crippen molar-refractivity contribution in [2.45, 2.75) is 11.9 Å². The van der Waals surface area contributed by atoms with E-state index in [0.29, 0.717) is 6.42 Å². The summed E-state index contributed by atoms with van der Waals surface area (Å²) in [7, 11) is 1.31. The molecule has 1 N–H and O–H groups in total. The summed E-state index contributed by atoms with van der Waals surface area (Å²) in [5, 5.41) is 2.48. The molecule has 0 spiro atoms. The van der Waals surface area contributed by atoms with Gasteiger partial charge in [0.1, 0.15) is 5.50 Å². The normalized spacial score (nSPS) is 11.9. The van der Waals surface area contributed by atoms with Gasteiger partial charge in [0.15, 0.2) is 0 Å². The first-order chi connectivity index (χ1) is 6.72. The van der Waals surface area contributed by atoms with E-state index in [1.807, 2.05) is 30.3 Å². The average Bonchev–Trinajstić information content (AvgIpc) is 2.19. The summed E-state index contributed by atoms with van der Waals surface area (Å²) in [6, 6.07) is 9.69. The number of benzene rings is 1. The van der Waals surface area contributed by atoms with Crippen molar-refractivity contribution < 1.29 is 9.53 Å². The predicted octanol–water partition coefficient (Wildman–Crippen LogP) is 2.15. The lowest BCUT2D eigenvalue weighted by Crippen LogP contribution is -2.32. The second-order valence-electron chi connectivity index (χ2n) is 2.79. The van der Waals surface area contributed by atoms with Crippen LogP contribution in [-0.4, -0.2) is 18.7 Å². The fourth-order valence-corrected chi connectivity index (χ4v) is 1.33. The summed E-state index contributed by atoms with van der Waals surface area (Å²) in [6.45, 7) is 0. The van der Waals surface area contributed by atoms with E-state index >= 15 is 0 Å². The maximum atomic E-state index is 10.8. The molecule has 0 aliphatic rings. The maximum Gasteiger partial charge on any atom is 0.408 e. The predicted molar refractivity (Wildman–Crippen MR) is 55.3 cm³/mol. The van der Waals surface area contributed by atoms with Gasteiger partial charge in [0.2, 0.25) is 0 Å². The SMILES string of the molecule is COC(=O)NC(Cl)Cc1ccccc1. The quantitative estimate of drug-likeness (QED) is 0.617. The van der Waals surface area contributed by atoms with Crippen LogP contribution in [0.25, 0.3) is 0 Å². The fourth-order valence-electron chi connectivity index (χ4n) is 1.06. The fraction of sp³-hybridized carbons (Fsp3) is 0.300. The Bertz CT molecular complexity index is 289. The number of rotatable bonds is 3. The van der Waals surface area contributed by atoms with Gasteiger partial charge in [-0.2, -0.15) is 0 Å². The van der Waals surface area contributed by atoms with Gasteiger partial charge in [-0.25, -0.2) is 4.79 Å². The van der Waals surface area contributed by atoms with E-state index in [2.05, 4.69) is 10.1 Å². The largest absolute Gasteiger partial charge is 0.453 e. The molecule has 0 fully saturated rings. The summed E-state index contributed by atoms with van der Waals surface area (Å²) in [6.07, 6.45) is 0.0678. The third kappa shape index (κ3) is 3.66. The molecule has 0 saturated heterocycles. The zero-order valence-electron chi connectivity index (χ0n) is 7.87. The van der Waals surface area contributed by atoms with E-state index in [4.69, 9.17) is 11.6 Å². The number of hydrogen-bond acceptors (Lipinski definition) is 2. The van der Waals surface area contributed by atoms with Crippen LogP contribution in [0.2, 0.25) is 0 Å². The Morgan fingerprint density at radius 2 is 2.14 bits per heavy atom. The highest BCUT2D eigenvalue weighted by molar-refractivity contribution is 6.21. The number of nitrogens with one attached hydrogen (secondary N) is 1. The standard InChI is InChI=1S/C10H12ClNO2/c1-14-10(13)12-9(11)7-8-5-3-2-4-6-8/h2-6,9H,7H2,1H3,(H,12,13). The van der Waals surface area contributed by atoms with E-state index in [9.17, 15) is 4.79 Å². The summed E-state index contributed by atoms with van der Waals surface area (Å²) in [5.41, 5.74) is 0.633. The second-order valence-corrected chi connectivity index (χ2v) is 3.32. The molecule has 0 aromatic heterocycles. The van der Waals surface area contributed by atoms with Crippen LogP contribution < -0.4 is 5.32 Å². The molecule has 0 aliphatic carbocycles. The average molecular weight is 214 g/mol. The highest BCUT2D eigenvalue weighted by Gasteiger charge is 2.08. The number of halogens is 1. The van der Waals surface area contributed by atoms with Crippen LogP contribution in [0.1, 0.15) is 5.56 Å². The number of methoxy groups -OCH3 is 1. The summed E-state index contributed by atoms with van der Waals surface area (Å²) < 4.78 is 4.42. The minimum absolute atomic E-state index is 0.440. The van der Waals surface area contributed by atoms with Gasteiger partial charge < -0.3 is 10.1 Å². The van der Waals surface area contributed by atoms with Crippen LogP contribution in [0, 0.1) is 0 Å². The van der Waals surface area contributed by atoms with Crippen molar-refractivity contribution in [3.63, 3.8) is 0 Å². The van der Waals surface area contributed by atoms with Crippen LogP contribution in [0.3, 0.4) is 0 Å². The van der Waals surface area contributed by atoms with Gasteiger partial charge in [-0.1, -0.05) is 41.9 Å². The highest BCUT2D eigenvalue weighted by atomic mass is 35.5. The first kappa shape index (κ1) is 10.9. The Labute approximate surface area is 88.0 Å². The van der Waals surface area contributed by atoms with Gasteiger partial charge in [-0.05, 0) is 5.56 Å². The number of hydrogen-bond donors (Lipinski definition) is 1. The summed E-state index contributed by atoms with van der Waals surface area (Å²) in [5.74, 6) is 0. The van der Waals surface area contributed by atoms with Crippen LogP contribution in [0.5, 0.6) is 0 Å². The maximum absolute atomic E-state index is 10.8. The monoisotopic (exact) mass is 213 g/mol. The third-order valence-electron chi connectivity index (χ3n) is 1.72. The van der Waals surface area contributed by atoms with Crippen molar-refractivity contribution in [3.8, 4) is 0 Å². The molecule has 0 bridgehead atoms. The minimum atomic E-state index is -0.513. The van der Waals surface area contributed by atoms with Crippen molar-refractivity contribution in [2.75, 3.05) is 7.11 Å². The Hall–Kier alpha value is -1.22. The summed E-state index contributed by atoms with van der Waals surface area (Å²) in [4.78, 5) is 10.8. The lowest BCUT2D eigenvalue weighted by Gasteiger charge is -2.10. The molecular weight excluding hydrogens is 202 g/mol. The molecule has 0 saturated carbocycles. The molecule has 1 atom stereocenters. The lowest BCUT2D eigenvalue weighted by atomic mass is 10.1. The van der Waals surface area contributed by atoms with Gasteiger partial charge >= 0.3 is 6.09 Å². The molecule has 0 aliphatic heterocycles. The van der Waals surface area contributed by atoms with E-state index < -0.39 is 11.6 Å². The van der Waals surface area contributed by atoms with E-state index in [1.165, 1.54) is 7.11 Å². The van der Waals surface area contributed by atoms with Crippen LogP contribution in [0.4, 0.5) is 4.79 Å². The topological polar surface area (TPSA) is 38.3 Å². The molecule has 1 aromatic carbocycles. The smallest absolute Gasteiger partial charge is 0.408 e. The number of alkyl carbamates (subject to hydrolysis) is 1. The molecule has 1 amide bonds. The van der Waals surface area contributed by atoms with Crippen LogP contribution in [0.15, 0.2) is 30.3 Å². The van der Waals surface area contributed by atoms with Gasteiger partial charge in [0, 0.05) is 6.42 Å². The first-order valence-corrected chi connectivity index (χ1v) is 4.68. The van der Waals surface area contributed by atoms with E-state index in [-0.39, 0.29) is 0 Å². The molecule has 4 heteroatoms. The number of carbonyl (C=O) groups is 1. The third-order valence-corrected chi connectivity index (χ3v) is 1.98. The van der Waals surface area contributed by atoms with Crippen LogP contribution >= 0.6 is 11.6 Å². The Morgan fingerprint density at radius 3 is 2.71 bits per heavy atom.